The number of benzene rings is 2. The molecule has 0 bridgehead atoms. The number of carbonyl (C=O) groups excluding carboxylic acids is 2. The number of aromatic nitrogens is 4. The van der Waals surface area contributed by atoms with Gasteiger partial charge in [-0.15, -0.1) is 28.1 Å². The van der Waals surface area contributed by atoms with E-state index in [1.54, 1.807) is 41.3 Å². The number of aromatic carboxylic acids is 1. The van der Waals surface area contributed by atoms with Crippen molar-refractivity contribution in [3.63, 3.8) is 0 Å². The SMILES string of the molecule is C=CCn1c(CSc2nc3ccccc3s2)nnc1SCC(=O)Nc1ccccc1C(=O)[O-]. The molecule has 0 aliphatic heterocycles. The predicted molar refractivity (Wildman–Crippen MR) is 130 cm³/mol. The molecule has 0 aliphatic rings. The van der Waals surface area contributed by atoms with Crippen LogP contribution in [0.3, 0.4) is 0 Å². The zero-order valence-electron chi connectivity index (χ0n) is 17.3. The van der Waals surface area contributed by atoms with Gasteiger partial charge in [0.2, 0.25) is 5.91 Å². The molecular formula is C22H18N5O3S3-. The lowest BCUT2D eigenvalue weighted by atomic mass is 10.2. The van der Waals surface area contributed by atoms with Gasteiger partial charge in [0.05, 0.1) is 27.7 Å². The van der Waals surface area contributed by atoms with Crippen LogP contribution in [-0.2, 0) is 17.1 Å². The first-order valence-electron chi connectivity index (χ1n) is 9.79. The second kappa shape index (κ2) is 10.6. The number of carbonyl (C=O) groups is 2. The quantitative estimate of drug-likeness (QED) is 0.262. The molecule has 0 aliphatic carbocycles. The van der Waals surface area contributed by atoms with Crippen molar-refractivity contribution in [1.29, 1.82) is 0 Å². The van der Waals surface area contributed by atoms with Crippen LogP contribution in [0, 0.1) is 0 Å². The minimum absolute atomic E-state index is 0.0433. The molecular weight excluding hydrogens is 478 g/mol. The van der Waals surface area contributed by atoms with Crippen LogP contribution in [0.15, 0.2) is 70.7 Å². The van der Waals surface area contributed by atoms with Gasteiger partial charge in [-0.05, 0) is 18.2 Å². The second-order valence-corrected chi connectivity index (χ2v) is 9.90. The topological polar surface area (TPSA) is 113 Å². The monoisotopic (exact) mass is 496 g/mol. The van der Waals surface area contributed by atoms with E-state index in [2.05, 4.69) is 27.1 Å². The Morgan fingerprint density at radius 3 is 2.70 bits per heavy atom. The largest absolute Gasteiger partial charge is 0.545 e. The molecule has 0 saturated heterocycles. The van der Waals surface area contributed by atoms with Crippen LogP contribution in [0.4, 0.5) is 5.69 Å². The number of hydrogen-bond donors (Lipinski definition) is 1. The highest BCUT2D eigenvalue weighted by Gasteiger charge is 2.15. The van der Waals surface area contributed by atoms with Gasteiger partial charge >= 0.3 is 0 Å². The Morgan fingerprint density at radius 1 is 1.12 bits per heavy atom. The number of fused-ring (bicyclic) bond motifs is 1. The van der Waals surface area contributed by atoms with Gasteiger partial charge in [-0.25, -0.2) is 4.98 Å². The first-order chi connectivity index (χ1) is 16.0. The van der Waals surface area contributed by atoms with Crippen LogP contribution in [0.2, 0.25) is 0 Å². The summed E-state index contributed by atoms with van der Waals surface area (Å²) in [5.41, 5.74) is 1.10. The zero-order chi connectivity index (χ0) is 23.2. The number of hydrogen-bond acceptors (Lipinski definition) is 9. The highest BCUT2D eigenvalue weighted by molar-refractivity contribution is 8.00. The Hall–Kier alpha value is -3.15. The summed E-state index contributed by atoms with van der Waals surface area (Å²) in [6.45, 7) is 4.30. The van der Waals surface area contributed by atoms with Gasteiger partial charge in [-0.3, -0.25) is 4.79 Å². The van der Waals surface area contributed by atoms with Crippen molar-refractivity contribution in [2.45, 2.75) is 21.8 Å². The van der Waals surface area contributed by atoms with E-state index in [1.807, 2.05) is 28.8 Å². The minimum Gasteiger partial charge on any atom is -0.545 e. The molecule has 2 heterocycles. The highest BCUT2D eigenvalue weighted by Crippen LogP contribution is 2.31. The second-order valence-electron chi connectivity index (χ2n) is 6.70. The molecule has 11 heteroatoms. The first kappa shape index (κ1) is 23.0. The number of carboxylic acids is 1. The maximum Gasteiger partial charge on any atom is 0.234 e. The summed E-state index contributed by atoms with van der Waals surface area (Å²) in [5, 5.41) is 22.9. The van der Waals surface area contributed by atoms with Gasteiger partial charge < -0.3 is 19.8 Å². The maximum absolute atomic E-state index is 12.4. The fourth-order valence-electron chi connectivity index (χ4n) is 2.97. The van der Waals surface area contributed by atoms with Gasteiger partial charge in [-0.1, -0.05) is 59.9 Å². The molecule has 4 aromatic rings. The summed E-state index contributed by atoms with van der Waals surface area (Å²) >= 11 is 4.43. The molecule has 0 atom stereocenters. The van der Waals surface area contributed by atoms with Crippen molar-refractivity contribution < 1.29 is 14.7 Å². The van der Waals surface area contributed by atoms with Crippen LogP contribution in [0.25, 0.3) is 10.2 Å². The third-order valence-corrected chi connectivity index (χ3v) is 7.60. The number of nitrogens with zero attached hydrogens (tertiary/aromatic N) is 4. The number of rotatable bonds is 10. The molecule has 0 spiro atoms. The van der Waals surface area contributed by atoms with E-state index >= 15 is 0 Å². The number of anilines is 1. The summed E-state index contributed by atoms with van der Waals surface area (Å²) in [6, 6.07) is 14.1. The molecule has 1 amide bonds. The zero-order valence-corrected chi connectivity index (χ0v) is 19.7. The molecule has 168 valence electrons. The van der Waals surface area contributed by atoms with Crippen LogP contribution in [0.1, 0.15) is 16.2 Å². The standard InChI is InChI=1S/C22H19N5O3S3/c1-2-11-27-18(12-32-22-24-16-9-5-6-10-17(16)33-22)25-26-21(27)31-13-19(28)23-15-8-4-3-7-14(15)20(29)30/h2-10H,1,11-13H2,(H,23,28)(H,29,30)/p-1. The fourth-order valence-corrected chi connectivity index (χ4v) is 5.75. The van der Waals surface area contributed by atoms with Crippen molar-refractivity contribution in [3.8, 4) is 0 Å². The lowest BCUT2D eigenvalue weighted by Crippen LogP contribution is -2.25. The number of carboxylic acid groups (broad SMARTS) is 1. The smallest absolute Gasteiger partial charge is 0.234 e. The predicted octanol–water partition coefficient (Wildman–Crippen LogP) is 3.46. The minimum atomic E-state index is -1.35. The van der Waals surface area contributed by atoms with E-state index in [0.29, 0.717) is 17.5 Å². The van der Waals surface area contributed by atoms with Crippen molar-refractivity contribution in [3.05, 3.63) is 72.6 Å². The molecule has 1 N–H and O–H groups in total. The van der Waals surface area contributed by atoms with Crippen molar-refractivity contribution in [2.24, 2.45) is 0 Å². The van der Waals surface area contributed by atoms with Crippen molar-refractivity contribution >= 4 is 62.6 Å². The Bertz CT molecular complexity index is 1280. The maximum atomic E-state index is 12.4. The third kappa shape index (κ3) is 5.62. The number of thiazole rings is 1. The number of para-hydroxylation sites is 2. The lowest BCUT2D eigenvalue weighted by Gasteiger charge is -2.11. The van der Waals surface area contributed by atoms with Gasteiger partial charge in [0.15, 0.2) is 9.50 Å². The van der Waals surface area contributed by atoms with Crippen LogP contribution in [0.5, 0.6) is 0 Å². The van der Waals surface area contributed by atoms with E-state index < -0.39 is 5.97 Å². The molecule has 2 aromatic heterocycles. The van der Waals surface area contributed by atoms with E-state index in [4.69, 9.17) is 0 Å². The molecule has 4 rings (SSSR count). The van der Waals surface area contributed by atoms with Gasteiger partial charge in [0.1, 0.15) is 5.82 Å². The number of nitrogens with one attached hydrogen (secondary N) is 1. The average molecular weight is 497 g/mol. The number of amides is 1. The van der Waals surface area contributed by atoms with E-state index in [0.717, 1.165) is 20.4 Å². The number of allylic oxidation sites excluding steroid dienone is 1. The Balaban J connectivity index is 1.40. The van der Waals surface area contributed by atoms with Crippen molar-refractivity contribution in [1.82, 2.24) is 19.7 Å². The van der Waals surface area contributed by atoms with Crippen molar-refractivity contribution in [2.75, 3.05) is 11.1 Å². The van der Waals surface area contributed by atoms with Gasteiger partial charge in [0.25, 0.3) is 0 Å². The van der Waals surface area contributed by atoms with Gasteiger partial charge in [0, 0.05) is 17.8 Å². The fraction of sp³-hybridized carbons (Fsp3) is 0.136. The molecule has 0 radical (unpaired) electrons. The number of thioether (sulfide) groups is 2. The molecule has 8 nitrogen and oxygen atoms in total. The molecule has 2 aromatic carbocycles. The van der Waals surface area contributed by atoms with E-state index in [-0.39, 0.29) is 22.9 Å². The van der Waals surface area contributed by atoms with Crippen LogP contribution >= 0.6 is 34.9 Å². The van der Waals surface area contributed by atoms with E-state index in [9.17, 15) is 14.7 Å². The lowest BCUT2D eigenvalue weighted by molar-refractivity contribution is -0.254. The summed E-state index contributed by atoms with van der Waals surface area (Å²) in [6.07, 6.45) is 1.75. The third-order valence-electron chi connectivity index (χ3n) is 4.46. The summed E-state index contributed by atoms with van der Waals surface area (Å²) in [5.74, 6) is -0.329. The first-order valence-corrected chi connectivity index (χ1v) is 12.6. The average Bonchev–Trinajstić information content (AvgIpc) is 3.40. The summed E-state index contributed by atoms with van der Waals surface area (Å²) in [4.78, 5) is 28.2. The molecule has 0 fully saturated rings. The normalized spacial score (nSPS) is 10.9. The molecule has 0 saturated carbocycles. The van der Waals surface area contributed by atoms with Gasteiger partial charge in [-0.2, -0.15) is 0 Å². The summed E-state index contributed by atoms with van der Waals surface area (Å²) in [7, 11) is 0. The van der Waals surface area contributed by atoms with Crippen LogP contribution in [-0.4, -0.2) is 37.4 Å². The van der Waals surface area contributed by atoms with E-state index in [1.165, 1.54) is 23.9 Å². The Kier molecular flexibility index (Phi) is 7.43. The molecule has 33 heavy (non-hydrogen) atoms. The molecule has 0 unspecified atom stereocenters. The highest BCUT2D eigenvalue weighted by atomic mass is 32.2. The Labute approximate surface area is 202 Å². The summed E-state index contributed by atoms with van der Waals surface area (Å²) < 4.78 is 3.99. The van der Waals surface area contributed by atoms with Crippen LogP contribution < -0.4 is 10.4 Å². The Morgan fingerprint density at radius 2 is 1.91 bits per heavy atom.